The standard InChI is InChI=1S/C12H11NO3/c1-8(14)13-6-5-9-3-4-10(7-11(9)13)12(15)16-2/h3-7H,1-2H3. The number of nitrogens with zero attached hydrogens (tertiary/aromatic N) is 1. The van der Waals surface area contributed by atoms with Crippen LogP contribution >= 0.6 is 0 Å². The minimum atomic E-state index is -0.404. The topological polar surface area (TPSA) is 48.3 Å². The highest BCUT2D eigenvalue weighted by Gasteiger charge is 2.09. The van der Waals surface area contributed by atoms with Gasteiger partial charge in [-0.2, -0.15) is 0 Å². The van der Waals surface area contributed by atoms with Crippen LogP contribution in [0, 0.1) is 0 Å². The zero-order valence-electron chi connectivity index (χ0n) is 9.06. The molecule has 0 saturated heterocycles. The van der Waals surface area contributed by atoms with Crippen molar-refractivity contribution < 1.29 is 14.3 Å². The summed E-state index contributed by atoms with van der Waals surface area (Å²) in [4.78, 5) is 22.7. The van der Waals surface area contributed by atoms with Gasteiger partial charge in [0.05, 0.1) is 18.2 Å². The Kier molecular flexibility index (Phi) is 2.48. The molecule has 1 heterocycles. The van der Waals surface area contributed by atoms with E-state index in [1.165, 1.54) is 18.6 Å². The van der Waals surface area contributed by atoms with Crippen LogP contribution in [0.15, 0.2) is 30.5 Å². The minimum absolute atomic E-state index is 0.0861. The molecule has 4 heteroatoms. The first kappa shape index (κ1) is 10.4. The summed E-state index contributed by atoms with van der Waals surface area (Å²) in [5, 5.41) is 0.919. The normalized spacial score (nSPS) is 10.4. The summed E-state index contributed by atoms with van der Waals surface area (Å²) in [6.45, 7) is 1.48. The Labute approximate surface area is 92.4 Å². The lowest BCUT2D eigenvalue weighted by atomic mass is 10.1. The third kappa shape index (κ3) is 1.58. The molecule has 16 heavy (non-hydrogen) atoms. The predicted octanol–water partition coefficient (Wildman–Crippen LogP) is 2.09. The molecular formula is C12H11NO3. The maximum absolute atomic E-state index is 11.3. The molecule has 2 rings (SSSR count). The van der Waals surface area contributed by atoms with Gasteiger partial charge in [-0.3, -0.25) is 9.36 Å². The van der Waals surface area contributed by atoms with Crippen molar-refractivity contribution in [2.45, 2.75) is 6.92 Å². The number of ether oxygens (including phenoxy) is 1. The van der Waals surface area contributed by atoms with Crippen molar-refractivity contribution in [3.05, 3.63) is 36.0 Å². The number of hydrogen-bond acceptors (Lipinski definition) is 3. The molecular weight excluding hydrogens is 206 g/mol. The van der Waals surface area contributed by atoms with Crippen molar-refractivity contribution in [2.75, 3.05) is 7.11 Å². The summed E-state index contributed by atoms with van der Waals surface area (Å²) in [6.07, 6.45) is 1.69. The molecule has 0 fully saturated rings. The third-order valence-electron chi connectivity index (χ3n) is 2.45. The van der Waals surface area contributed by atoms with Gasteiger partial charge < -0.3 is 4.74 Å². The Morgan fingerprint density at radius 1 is 1.25 bits per heavy atom. The van der Waals surface area contributed by atoms with Crippen molar-refractivity contribution >= 4 is 22.8 Å². The number of carbonyl (C=O) groups is 2. The molecule has 1 aromatic carbocycles. The summed E-state index contributed by atoms with van der Waals surface area (Å²) >= 11 is 0. The van der Waals surface area contributed by atoms with E-state index < -0.39 is 5.97 Å². The fourth-order valence-electron chi connectivity index (χ4n) is 1.65. The number of aromatic nitrogens is 1. The van der Waals surface area contributed by atoms with E-state index in [4.69, 9.17) is 0 Å². The first-order chi connectivity index (χ1) is 7.63. The van der Waals surface area contributed by atoms with Gasteiger partial charge in [-0.25, -0.2) is 4.79 Å². The molecule has 0 spiro atoms. The molecule has 0 N–H and O–H groups in total. The average Bonchev–Trinajstić information content (AvgIpc) is 2.70. The van der Waals surface area contributed by atoms with E-state index in [1.54, 1.807) is 24.4 Å². The Balaban J connectivity index is 2.63. The lowest BCUT2D eigenvalue weighted by Crippen LogP contribution is -2.05. The van der Waals surface area contributed by atoms with Gasteiger partial charge in [0, 0.05) is 18.5 Å². The fraction of sp³-hybridized carbons (Fsp3) is 0.167. The van der Waals surface area contributed by atoms with E-state index in [1.807, 2.05) is 6.07 Å². The predicted molar refractivity (Wildman–Crippen MR) is 59.6 cm³/mol. The molecule has 0 aliphatic carbocycles. The molecule has 0 atom stereocenters. The molecule has 82 valence electrons. The Morgan fingerprint density at radius 3 is 2.62 bits per heavy atom. The molecule has 0 saturated carbocycles. The van der Waals surface area contributed by atoms with Gasteiger partial charge in [-0.05, 0) is 18.2 Å². The maximum atomic E-state index is 11.3. The van der Waals surface area contributed by atoms with Gasteiger partial charge in [0.15, 0.2) is 0 Å². The van der Waals surface area contributed by atoms with Crippen molar-refractivity contribution in [2.24, 2.45) is 0 Å². The third-order valence-corrected chi connectivity index (χ3v) is 2.45. The van der Waals surface area contributed by atoms with E-state index in [0.717, 1.165) is 10.9 Å². The SMILES string of the molecule is COC(=O)c1ccc2ccn(C(C)=O)c2c1. The summed E-state index contributed by atoms with van der Waals surface area (Å²) in [5.41, 5.74) is 1.16. The van der Waals surface area contributed by atoms with Crippen LogP contribution in [0.3, 0.4) is 0 Å². The van der Waals surface area contributed by atoms with Crippen LogP contribution in [0.4, 0.5) is 0 Å². The molecule has 0 aliphatic rings. The molecule has 0 bridgehead atoms. The monoisotopic (exact) mass is 217 g/mol. The lowest BCUT2D eigenvalue weighted by molar-refractivity contribution is 0.0600. The van der Waals surface area contributed by atoms with Crippen LogP contribution in [-0.2, 0) is 4.74 Å². The van der Waals surface area contributed by atoms with E-state index in [2.05, 4.69) is 4.74 Å². The summed E-state index contributed by atoms with van der Waals surface area (Å²) < 4.78 is 6.13. The Bertz CT molecular complexity index is 569. The number of benzene rings is 1. The molecule has 4 nitrogen and oxygen atoms in total. The van der Waals surface area contributed by atoms with E-state index in [9.17, 15) is 9.59 Å². The first-order valence-electron chi connectivity index (χ1n) is 4.84. The zero-order valence-corrected chi connectivity index (χ0v) is 9.06. The fourth-order valence-corrected chi connectivity index (χ4v) is 1.65. The average molecular weight is 217 g/mol. The number of esters is 1. The van der Waals surface area contributed by atoms with Crippen LogP contribution in [0.2, 0.25) is 0 Å². The number of methoxy groups -OCH3 is 1. The van der Waals surface area contributed by atoms with Gasteiger partial charge >= 0.3 is 5.97 Å². The number of fused-ring (bicyclic) bond motifs is 1. The molecule has 0 aliphatic heterocycles. The second-order valence-corrected chi connectivity index (χ2v) is 3.47. The van der Waals surface area contributed by atoms with Crippen molar-refractivity contribution in [3.8, 4) is 0 Å². The van der Waals surface area contributed by atoms with Crippen molar-refractivity contribution in [1.29, 1.82) is 0 Å². The van der Waals surface area contributed by atoms with Crippen LogP contribution in [-0.4, -0.2) is 23.6 Å². The zero-order chi connectivity index (χ0) is 11.7. The highest BCUT2D eigenvalue weighted by Crippen LogP contribution is 2.18. The molecule has 0 unspecified atom stereocenters. The van der Waals surface area contributed by atoms with E-state index in [0.29, 0.717) is 5.56 Å². The first-order valence-corrected chi connectivity index (χ1v) is 4.84. The summed E-state index contributed by atoms with van der Waals surface area (Å²) in [6, 6.07) is 6.96. The van der Waals surface area contributed by atoms with Crippen LogP contribution < -0.4 is 0 Å². The largest absolute Gasteiger partial charge is 0.465 e. The molecule has 0 radical (unpaired) electrons. The smallest absolute Gasteiger partial charge is 0.337 e. The number of rotatable bonds is 1. The van der Waals surface area contributed by atoms with Crippen LogP contribution in [0.5, 0.6) is 0 Å². The minimum Gasteiger partial charge on any atom is -0.465 e. The number of hydrogen-bond donors (Lipinski definition) is 0. The maximum Gasteiger partial charge on any atom is 0.337 e. The Hall–Kier alpha value is -2.10. The number of carbonyl (C=O) groups excluding carboxylic acids is 2. The molecule has 0 amide bonds. The highest BCUT2D eigenvalue weighted by atomic mass is 16.5. The molecule has 2 aromatic rings. The second-order valence-electron chi connectivity index (χ2n) is 3.47. The van der Waals surface area contributed by atoms with Crippen LogP contribution in [0.25, 0.3) is 10.9 Å². The van der Waals surface area contributed by atoms with Gasteiger partial charge in [-0.15, -0.1) is 0 Å². The Morgan fingerprint density at radius 2 is 2.00 bits per heavy atom. The lowest BCUT2D eigenvalue weighted by Gasteiger charge is -2.02. The quantitative estimate of drug-likeness (QED) is 0.687. The van der Waals surface area contributed by atoms with Gasteiger partial charge in [0.1, 0.15) is 0 Å². The van der Waals surface area contributed by atoms with E-state index >= 15 is 0 Å². The summed E-state index contributed by atoms with van der Waals surface area (Å²) in [7, 11) is 1.33. The van der Waals surface area contributed by atoms with E-state index in [-0.39, 0.29) is 5.91 Å². The summed E-state index contributed by atoms with van der Waals surface area (Å²) in [5.74, 6) is -0.491. The van der Waals surface area contributed by atoms with Crippen LogP contribution in [0.1, 0.15) is 22.1 Å². The van der Waals surface area contributed by atoms with Crippen molar-refractivity contribution in [3.63, 3.8) is 0 Å². The van der Waals surface area contributed by atoms with Gasteiger partial charge in [-0.1, -0.05) is 6.07 Å². The van der Waals surface area contributed by atoms with Gasteiger partial charge in [0.25, 0.3) is 0 Å². The second kappa shape index (κ2) is 3.81. The van der Waals surface area contributed by atoms with Crippen molar-refractivity contribution in [1.82, 2.24) is 4.57 Å². The molecule has 1 aromatic heterocycles. The highest BCUT2D eigenvalue weighted by molar-refractivity contribution is 5.97. The van der Waals surface area contributed by atoms with Gasteiger partial charge in [0.2, 0.25) is 5.91 Å².